The van der Waals surface area contributed by atoms with E-state index in [1.54, 1.807) is 29.2 Å². The van der Waals surface area contributed by atoms with Gasteiger partial charge in [0.2, 0.25) is 15.9 Å². The number of carbonyl (C=O) groups excluding carboxylic acids is 1. The Balaban J connectivity index is 2.09. The van der Waals surface area contributed by atoms with Crippen molar-refractivity contribution in [3.05, 3.63) is 29.8 Å². The Hall–Kier alpha value is -1.44. The lowest BCUT2D eigenvalue weighted by Crippen LogP contribution is -2.51. The van der Waals surface area contributed by atoms with Gasteiger partial charge >= 0.3 is 0 Å². The molecule has 0 atom stereocenters. The third-order valence-corrected chi connectivity index (χ3v) is 5.34. The van der Waals surface area contributed by atoms with E-state index in [2.05, 4.69) is 0 Å². The molecule has 6 nitrogen and oxygen atoms in total. The summed E-state index contributed by atoms with van der Waals surface area (Å²) in [6, 6.07) is 6.78. The molecule has 0 saturated carbocycles. The maximum atomic E-state index is 12.4. The Morgan fingerprint density at radius 2 is 1.70 bits per heavy atom. The van der Waals surface area contributed by atoms with Crippen LogP contribution in [0.1, 0.15) is 5.56 Å². The van der Waals surface area contributed by atoms with Gasteiger partial charge in [0, 0.05) is 26.2 Å². The van der Waals surface area contributed by atoms with Crippen LogP contribution in [0.15, 0.2) is 29.2 Å². The second-order valence-electron chi connectivity index (χ2n) is 4.80. The van der Waals surface area contributed by atoms with Crippen molar-refractivity contribution < 1.29 is 13.2 Å². The number of hydrogen-bond acceptors (Lipinski definition) is 4. The van der Waals surface area contributed by atoms with Gasteiger partial charge in [-0.15, -0.1) is 0 Å². The number of hydrogen-bond donors (Lipinski definition) is 1. The fourth-order valence-corrected chi connectivity index (χ4v) is 3.59. The number of sulfonamides is 1. The molecule has 1 saturated heterocycles. The Labute approximate surface area is 119 Å². The van der Waals surface area contributed by atoms with E-state index in [0.29, 0.717) is 31.1 Å². The van der Waals surface area contributed by atoms with Crippen molar-refractivity contribution in [1.82, 2.24) is 9.21 Å². The van der Waals surface area contributed by atoms with Gasteiger partial charge in [-0.3, -0.25) is 4.79 Å². The second-order valence-corrected chi connectivity index (χ2v) is 6.74. The first kappa shape index (κ1) is 15.0. The van der Waals surface area contributed by atoms with E-state index in [0.717, 1.165) is 5.56 Å². The fourth-order valence-electron chi connectivity index (χ4n) is 2.17. The van der Waals surface area contributed by atoms with E-state index in [1.165, 1.54) is 4.31 Å². The van der Waals surface area contributed by atoms with Crippen molar-refractivity contribution in [2.45, 2.75) is 11.8 Å². The summed E-state index contributed by atoms with van der Waals surface area (Å²) in [5.74, 6) is -0.141. The predicted octanol–water partition coefficient (Wildman–Crippen LogP) is -0.213. The molecule has 0 radical (unpaired) electrons. The van der Waals surface area contributed by atoms with Gasteiger partial charge in [0.1, 0.15) is 0 Å². The van der Waals surface area contributed by atoms with Gasteiger partial charge < -0.3 is 10.6 Å². The summed E-state index contributed by atoms with van der Waals surface area (Å²) in [6.45, 7) is 3.27. The highest BCUT2D eigenvalue weighted by atomic mass is 32.2. The summed E-state index contributed by atoms with van der Waals surface area (Å²) >= 11 is 0. The summed E-state index contributed by atoms with van der Waals surface area (Å²) in [6.07, 6.45) is 0. The van der Waals surface area contributed by atoms with Gasteiger partial charge in [-0.25, -0.2) is 8.42 Å². The predicted molar refractivity (Wildman–Crippen MR) is 75.6 cm³/mol. The van der Waals surface area contributed by atoms with Crippen molar-refractivity contribution in [1.29, 1.82) is 0 Å². The zero-order valence-electron chi connectivity index (χ0n) is 11.4. The molecule has 110 valence electrons. The number of aryl methyl sites for hydroxylation is 1. The average molecular weight is 297 g/mol. The first-order valence-electron chi connectivity index (χ1n) is 6.50. The van der Waals surface area contributed by atoms with Gasteiger partial charge in [-0.1, -0.05) is 17.7 Å². The molecule has 1 heterocycles. The lowest BCUT2D eigenvalue weighted by molar-refractivity contribution is -0.130. The molecule has 2 N–H and O–H groups in total. The first-order chi connectivity index (χ1) is 9.45. The monoisotopic (exact) mass is 297 g/mol. The lowest BCUT2D eigenvalue weighted by atomic mass is 10.2. The molecule has 1 fully saturated rings. The van der Waals surface area contributed by atoms with Crippen LogP contribution in [0, 0.1) is 6.92 Å². The Morgan fingerprint density at radius 3 is 2.20 bits per heavy atom. The number of carbonyl (C=O) groups is 1. The molecule has 2 rings (SSSR count). The molecule has 0 unspecified atom stereocenters. The Morgan fingerprint density at radius 1 is 1.15 bits per heavy atom. The number of benzene rings is 1. The van der Waals surface area contributed by atoms with Crippen LogP contribution in [0.2, 0.25) is 0 Å². The number of rotatable bonds is 3. The molecular formula is C13H19N3O3S. The van der Waals surface area contributed by atoms with Crippen molar-refractivity contribution in [2.24, 2.45) is 5.73 Å². The number of nitrogens with two attached hydrogens (primary N) is 1. The number of piperazine rings is 1. The molecule has 7 heteroatoms. The molecule has 0 aromatic heterocycles. The number of nitrogens with zero attached hydrogens (tertiary/aromatic N) is 2. The van der Waals surface area contributed by atoms with E-state index < -0.39 is 10.0 Å². The van der Waals surface area contributed by atoms with E-state index in [9.17, 15) is 13.2 Å². The van der Waals surface area contributed by atoms with Gasteiger partial charge in [0.05, 0.1) is 11.4 Å². The average Bonchev–Trinajstić information content (AvgIpc) is 2.47. The third kappa shape index (κ3) is 3.00. The minimum absolute atomic E-state index is 0.0370. The van der Waals surface area contributed by atoms with Crippen LogP contribution in [0.4, 0.5) is 0 Å². The van der Waals surface area contributed by atoms with Crippen molar-refractivity contribution in [2.75, 3.05) is 32.7 Å². The highest BCUT2D eigenvalue weighted by Gasteiger charge is 2.29. The molecule has 0 spiro atoms. The normalized spacial score (nSPS) is 17.2. The van der Waals surface area contributed by atoms with Gasteiger partial charge in [0.15, 0.2) is 0 Å². The molecule has 1 aliphatic heterocycles. The van der Waals surface area contributed by atoms with Crippen molar-refractivity contribution in [3.63, 3.8) is 0 Å². The third-order valence-electron chi connectivity index (χ3n) is 3.42. The minimum atomic E-state index is -3.47. The van der Waals surface area contributed by atoms with E-state index in [-0.39, 0.29) is 12.5 Å². The van der Waals surface area contributed by atoms with Crippen LogP contribution < -0.4 is 5.73 Å². The molecule has 1 aliphatic rings. The molecular weight excluding hydrogens is 278 g/mol. The van der Waals surface area contributed by atoms with E-state index in [1.807, 2.05) is 6.92 Å². The highest BCUT2D eigenvalue weighted by molar-refractivity contribution is 7.89. The Bertz CT molecular complexity index is 575. The van der Waals surface area contributed by atoms with Gasteiger partial charge in [-0.05, 0) is 19.1 Å². The van der Waals surface area contributed by atoms with Crippen LogP contribution >= 0.6 is 0 Å². The van der Waals surface area contributed by atoms with Crippen molar-refractivity contribution >= 4 is 15.9 Å². The van der Waals surface area contributed by atoms with Crippen LogP contribution in [-0.2, 0) is 14.8 Å². The van der Waals surface area contributed by atoms with Crippen molar-refractivity contribution in [3.8, 4) is 0 Å². The highest BCUT2D eigenvalue weighted by Crippen LogP contribution is 2.18. The van der Waals surface area contributed by atoms with Crippen LogP contribution in [0.3, 0.4) is 0 Å². The molecule has 1 aromatic carbocycles. The summed E-state index contributed by atoms with van der Waals surface area (Å²) in [7, 11) is -3.47. The lowest BCUT2D eigenvalue weighted by Gasteiger charge is -2.33. The maximum absolute atomic E-state index is 12.4. The molecule has 0 bridgehead atoms. The largest absolute Gasteiger partial charge is 0.339 e. The first-order valence-corrected chi connectivity index (χ1v) is 7.94. The molecule has 20 heavy (non-hydrogen) atoms. The van der Waals surface area contributed by atoms with Gasteiger partial charge in [-0.2, -0.15) is 4.31 Å². The summed E-state index contributed by atoms with van der Waals surface area (Å²) in [5.41, 5.74) is 6.32. The summed E-state index contributed by atoms with van der Waals surface area (Å²) < 4.78 is 26.3. The SMILES string of the molecule is Cc1ccc(S(=O)(=O)N2CCN(C(=O)CN)CC2)cc1. The van der Waals surface area contributed by atoms with Gasteiger partial charge in [0.25, 0.3) is 0 Å². The molecule has 0 aliphatic carbocycles. The molecule has 1 aromatic rings. The smallest absolute Gasteiger partial charge is 0.243 e. The fraction of sp³-hybridized carbons (Fsp3) is 0.462. The molecule has 1 amide bonds. The second kappa shape index (κ2) is 5.90. The van der Waals surface area contributed by atoms with Crippen LogP contribution in [0.5, 0.6) is 0 Å². The zero-order valence-corrected chi connectivity index (χ0v) is 12.3. The minimum Gasteiger partial charge on any atom is -0.339 e. The topological polar surface area (TPSA) is 83.7 Å². The van der Waals surface area contributed by atoms with E-state index >= 15 is 0 Å². The Kier molecular flexibility index (Phi) is 4.42. The summed E-state index contributed by atoms with van der Waals surface area (Å²) in [5, 5.41) is 0. The quantitative estimate of drug-likeness (QED) is 0.836. The van der Waals surface area contributed by atoms with Crippen LogP contribution in [-0.4, -0.2) is 56.3 Å². The standard InChI is InChI=1S/C13H19N3O3S/c1-11-2-4-12(5-3-11)20(18,19)16-8-6-15(7-9-16)13(17)10-14/h2-5H,6-10,14H2,1H3. The maximum Gasteiger partial charge on any atom is 0.243 e. The summed E-state index contributed by atoms with van der Waals surface area (Å²) in [4.78, 5) is 13.4. The van der Waals surface area contributed by atoms with Crippen LogP contribution in [0.25, 0.3) is 0 Å². The van der Waals surface area contributed by atoms with E-state index in [4.69, 9.17) is 5.73 Å². The number of amides is 1. The zero-order chi connectivity index (χ0) is 14.8.